The number of nitrogens with one attached hydrogen (secondary N) is 1. The summed E-state index contributed by atoms with van der Waals surface area (Å²) in [6.45, 7) is 4.01. The standard InChI is InChI=1S/C11H14N4O4S2/c1-3-4-15-6-8(5-9(15)10(16)17)21(18,19)14-11-13-12-7(2)20-11/h5-6H,3-4H2,1-2H3,(H,13,14)(H,16,17). The molecule has 21 heavy (non-hydrogen) atoms. The number of aromatic carboxylic acids is 1. The lowest BCUT2D eigenvalue weighted by Crippen LogP contribution is -2.12. The van der Waals surface area contributed by atoms with E-state index in [2.05, 4.69) is 14.9 Å². The summed E-state index contributed by atoms with van der Waals surface area (Å²) in [5, 5.41) is 17.3. The Labute approximate surface area is 125 Å². The molecule has 0 spiro atoms. The van der Waals surface area contributed by atoms with Crippen LogP contribution in [0.2, 0.25) is 0 Å². The summed E-state index contributed by atoms with van der Waals surface area (Å²) in [7, 11) is -3.88. The van der Waals surface area contributed by atoms with E-state index in [1.807, 2.05) is 6.92 Å². The maximum atomic E-state index is 12.2. The maximum absolute atomic E-state index is 12.2. The number of hydrogen-bond donors (Lipinski definition) is 2. The average Bonchev–Trinajstić information content (AvgIpc) is 2.96. The maximum Gasteiger partial charge on any atom is 0.352 e. The molecule has 0 bridgehead atoms. The van der Waals surface area contributed by atoms with Crippen LogP contribution < -0.4 is 4.72 Å². The predicted octanol–water partition coefficient (Wildman–Crippen LogP) is 1.56. The molecule has 2 aromatic rings. The topological polar surface area (TPSA) is 114 Å². The van der Waals surface area contributed by atoms with Crippen LogP contribution in [0.3, 0.4) is 0 Å². The van der Waals surface area contributed by atoms with Gasteiger partial charge in [-0.15, -0.1) is 10.2 Å². The zero-order valence-electron chi connectivity index (χ0n) is 11.4. The van der Waals surface area contributed by atoms with Gasteiger partial charge in [-0.25, -0.2) is 13.2 Å². The molecule has 0 aliphatic carbocycles. The van der Waals surface area contributed by atoms with Crippen molar-refractivity contribution in [2.75, 3.05) is 4.72 Å². The Morgan fingerprint density at radius 1 is 1.48 bits per heavy atom. The summed E-state index contributed by atoms with van der Waals surface area (Å²) in [5.41, 5.74) is -0.0642. The number of anilines is 1. The highest BCUT2D eigenvalue weighted by atomic mass is 32.2. The van der Waals surface area contributed by atoms with Gasteiger partial charge < -0.3 is 9.67 Å². The Morgan fingerprint density at radius 3 is 2.71 bits per heavy atom. The number of aromatic nitrogens is 3. The van der Waals surface area contributed by atoms with E-state index >= 15 is 0 Å². The second kappa shape index (κ2) is 5.82. The number of nitrogens with zero attached hydrogens (tertiary/aromatic N) is 3. The zero-order chi connectivity index (χ0) is 15.6. The minimum atomic E-state index is -3.88. The summed E-state index contributed by atoms with van der Waals surface area (Å²) in [5.74, 6) is -1.17. The first-order chi connectivity index (χ1) is 9.83. The first-order valence-corrected chi connectivity index (χ1v) is 8.40. The molecule has 2 heterocycles. The summed E-state index contributed by atoms with van der Waals surface area (Å²) in [6, 6.07) is 1.13. The molecule has 2 aromatic heterocycles. The van der Waals surface area contributed by atoms with E-state index in [9.17, 15) is 13.2 Å². The molecule has 0 saturated heterocycles. The molecule has 0 fully saturated rings. The molecule has 10 heteroatoms. The van der Waals surface area contributed by atoms with Crippen LogP contribution in [0.15, 0.2) is 17.2 Å². The van der Waals surface area contributed by atoms with Crippen LogP contribution in [0, 0.1) is 6.92 Å². The summed E-state index contributed by atoms with van der Waals surface area (Å²) >= 11 is 1.10. The molecule has 0 atom stereocenters. The lowest BCUT2D eigenvalue weighted by molar-refractivity contribution is 0.0685. The molecule has 0 aromatic carbocycles. The molecule has 2 rings (SSSR count). The summed E-state index contributed by atoms with van der Waals surface area (Å²) in [4.78, 5) is 11.0. The molecule has 8 nitrogen and oxygen atoms in total. The van der Waals surface area contributed by atoms with Crippen molar-refractivity contribution in [3.63, 3.8) is 0 Å². The number of aryl methyl sites for hydroxylation is 2. The van der Waals surface area contributed by atoms with Gasteiger partial charge in [0.1, 0.15) is 15.6 Å². The van der Waals surface area contributed by atoms with Gasteiger partial charge in [0.05, 0.1) is 0 Å². The summed E-state index contributed by atoms with van der Waals surface area (Å²) < 4.78 is 28.1. The van der Waals surface area contributed by atoms with E-state index in [4.69, 9.17) is 5.11 Å². The van der Waals surface area contributed by atoms with Crippen molar-refractivity contribution in [3.8, 4) is 0 Å². The van der Waals surface area contributed by atoms with E-state index in [1.165, 1.54) is 10.8 Å². The number of rotatable bonds is 6. The first-order valence-electron chi connectivity index (χ1n) is 6.10. The largest absolute Gasteiger partial charge is 0.477 e. The van der Waals surface area contributed by atoms with E-state index in [1.54, 1.807) is 6.92 Å². The molecule has 0 radical (unpaired) electrons. The number of carboxylic acid groups (broad SMARTS) is 1. The van der Waals surface area contributed by atoms with Crippen LogP contribution >= 0.6 is 11.3 Å². The predicted molar refractivity (Wildman–Crippen MR) is 77.1 cm³/mol. The third-order valence-corrected chi connectivity index (χ3v) is 4.80. The number of sulfonamides is 1. The van der Waals surface area contributed by atoms with Crippen molar-refractivity contribution in [1.82, 2.24) is 14.8 Å². The van der Waals surface area contributed by atoms with Crippen LogP contribution in [0.25, 0.3) is 0 Å². The number of hydrogen-bond acceptors (Lipinski definition) is 6. The fraction of sp³-hybridized carbons (Fsp3) is 0.364. The highest BCUT2D eigenvalue weighted by molar-refractivity contribution is 7.93. The number of carbonyl (C=O) groups is 1. The fourth-order valence-electron chi connectivity index (χ4n) is 1.75. The van der Waals surface area contributed by atoms with Crippen molar-refractivity contribution in [2.45, 2.75) is 31.7 Å². The minimum Gasteiger partial charge on any atom is -0.477 e. The van der Waals surface area contributed by atoms with Gasteiger partial charge in [-0.3, -0.25) is 4.72 Å². The van der Waals surface area contributed by atoms with Gasteiger partial charge >= 0.3 is 5.97 Å². The molecular formula is C11H14N4O4S2. The molecular weight excluding hydrogens is 316 g/mol. The van der Waals surface area contributed by atoms with Gasteiger partial charge in [-0.1, -0.05) is 18.3 Å². The number of carboxylic acids is 1. The highest BCUT2D eigenvalue weighted by Crippen LogP contribution is 2.21. The second-order valence-corrected chi connectivity index (χ2v) is 7.16. The Bertz CT molecular complexity index is 763. The Hall–Kier alpha value is -1.94. The van der Waals surface area contributed by atoms with Gasteiger partial charge in [-0.05, 0) is 19.4 Å². The van der Waals surface area contributed by atoms with Gasteiger partial charge in [0.2, 0.25) is 5.13 Å². The monoisotopic (exact) mass is 330 g/mol. The van der Waals surface area contributed by atoms with E-state index in [0.29, 0.717) is 18.0 Å². The van der Waals surface area contributed by atoms with Crippen LogP contribution in [0.1, 0.15) is 28.8 Å². The quantitative estimate of drug-likeness (QED) is 0.830. The SMILES string of the molecule is CCCn1cc(S(=O)(=O)Nc2nnc(C)s2)cc1C(=O)O. The lowest BCUT2D eigenvalue weighted by Gasteiger charge is -2.03. The van der Waals surface area contributed by atoms with Gasteiger partial charge in [-0.2, -0.15) is 0 Å². The fourth-order valence-corrected chi connectivity index (χ4v) is 3.61. The molecule has 0 aliphatic heterocycles. The summed E-state index contributed by atoms with van der Waals surface area (Å²) in [6.07, 6.45) is 2.00. The molecule has 0 aliphatic rings. The van der Waals surface area contributed by atoms with Crippen LogP contribution in [0.4, 0.5) is 5.13 Å². The third kappa shape index (κ3) is 3.39. The van der Waals surface area contributed by atoms with E-state index < -0.39 is 16.0 Å². The minimum absolute atomic E-state index is 0.0642. The molecule has 2 N–H and O–H groups in total. The van der Waals surface area contributed by atoms with E-state index in [0.717, 1.165) is 17.4 Å². The second-order valence-electron chi connectivity index (χ2n) is 4.29. The molecule has 0 unspecified atom stereocenters. The van der Waals surface area contributed by atoms with Gasteiger partial charge in [0, 0.05) is 12.7 Å². The smallest absolute Gasteiger partial charge is 0.352 e. The van der Waals surface area contributed by atoms with Crippen LogP contribution in [-0.2, 0) is 16.6 Å². The van der Waals surface area contributed by atoms with Crippen LogP contribution in [0.5, 0.6) is 0 Å². The normalized spacial score (nSPS) is 11.5. The van der Waals surface area contributed by atoms with Crippen LogP contribution in [-0.4, -0.2) is 34.3 Å². The zero-order valence-corrected chi connectivity index (χ0v) is 13.0. The molecule has 0 saturated carbocycles. The van der Waals surface area contributed by atoms with Crippen molar-refractivity contribution < 1.29 is 18.3 Å². The van der Waals surface area contributed by atoms with E-state index in [-0.39, 0.29) is 15.7 Å². The third-order valence-electron chi connectivity index (χ3n) is 2.61. The molecule has 114 valence electrons. The first kappa shape index (κ1) is 15.4. The van der Waals surface area contributed by atoms with Gasteiger partial charge in [0.25, 0.3) is 10.0 Å². The Kier molecular flexibility index (Phi) is 4.28. The Balaban J connectivity index is 2.35. The van der Waals surface area contributed by atoms with Gasteiger partial charge in [0.15, 0.2) is 0 Å². The van der Waals surface area contributed by atoms with Crippen molar-refractivity contribution in [1.29, 1.82) is 0 Å². The van der Waals surface area contributed by atoms with Crippen molar-refractivity contribution >= 4 is 32.5 Å². The highest BCUT2D eigenvalue weighted by Gasteiger charge is 2.22. The van der Waals surface area contributed by atoms with Crippen molar-refractivity contribution in [2.24, 2.45) is 0 Å². The average molecular weight is 330 g/mol. The Morgan fingerprint density at radius 2 is 2.19 bits per heavy atom. The molecule has 0 amide bonds. The lowest BCUT2D eigenvalue weighted by atomic mass is 10.4. The van der Waals surface area contributed by atoms with Crippen molar-refractivity contribution in [3.05, 3.63) is 23.0 Å².